The highest BCUT2D eigenvalue weighted by atomic mass is 16.5. The maximum atomic E-state index is 13.5. The van der Waals surface area contributed by atoms with Crippen LogP contribution >= 0.6 is 0 Å². The van der Waals surface area contributed by atoms with E-state index in [-0.39, 0.29) is 11.9 Å². The molecule has 1 amide bonds. The predicted octanol–water partition coefficient (Wildman–Crippen LogP) is 4.96. The molecule has 30 heavy (non-hydrogen) atoms. The molecule has 1 unspecified atom stereocenters. The van der Waals surface area contributed by atoms with Crippen molar-refractivity contribution in [1.82, 2.24) is 4.90 Å². The number of hydrogen-bond acceptors (Lipinski definition) is 5. The van der Waals surface area contributed by atoms with Gasteiger partial charge in [0.1, 0.15) is 0 Å². The molecule has 0 radical (unpaired) electrons. The quantitative estimate of drug-likeness (QED) is 0.283. The van der Waals surface area contributed by atoms with E-state index < -0.39 is 0 Å². The van der Waals surface area contributed by atoms with Gasteiger partial charge in [0.05, 0.1) is 24.5 Å². The lowest BCUT2D eigenvalue weighted by Crippen LogP contribution is -2.41. The van der Waals surface area contributed by atoms with Gasteiger partial charge in [0.2, 0.25) is 0 Å². The summed E-state index contributed by atoms with van der Waals surface area (Å²) >= 11 is 0. The van der Waals surface area contributed by atoms with E-state index in [1.807, 2.05) is 53.4 Å². The summed E-state index contributed by atoms with van der Waals surface area (Å²) in [7, 11) is 0. The average molecular weight is 409 g/mol. The van der Waals surface area contributed by atoms with Crippen molar-refractivity contribution in [3.8, 4) is 0 Å². The first-order valence-electron chi connectivity index (χ1n) is 10.4. The minimum Gasteiger partial charge on any atom is -0.375 e. The van der Waals surface area contributed by atoms with Crippen molar-refractivity contribution >= 4 is 24.5 Å². The molecule has 160 valence electrons. The third kappa shape index (κ3) is 6.52. The number of hydrazone groups is 2. The zero-order valence-electron chi connectivity index (χ0n) is 18.2. The topological polar surface area (TPSA) is 57.5 Å². The van der Waals surface area contributed by atoms with Gasteiger partial charge in [-0.1, -0.05) is 55.8 Å². The van der Waals surface area contributed by atoms with Crippen LogP contribution in [0, 0.1) is 0 Å². The van der Waals surface area contributed by atoms with E-state index in [1.54, 1.807) is 19.2 Å². The molecule has 0 aliphatic heterocycles. The molecule has 0 saturated heterocycles. The normalized spacial score (nSPS) is 12.0. The Labute approximate surface area is 179 Å². The van der Waals surface area contributed by atoms with Gasteiger partial charge >= 0.3 is 0 Å². The number of carbonyl (C=O) groups excluding carboxylic acids is 1. The molecule has 2 aromatic rings. The van der Waals surface area contributed by atoms with Gasteiger partial charge in [-0.3, -0.25) is 4.79 Å². The van der Waals surface area contributed by atoms with E-state index in [0.717, 1.165) is 18.4 Å². The highest BCUT2D eigenvalue weighted by Gasteiger charge is 2.24. The Hall–Kier alpha value is -2.99. The van der Waals surface area contributed by atoms with Gasteiger partial charge in [0.25, 0.3) is 5.91 Å². The van der Waals surface area contributed by atoms with Gasteiger partial charge in [-0.25, -0.2) is 0 Å². The van der Waals surface area contributed by atoms with E-state index in [4.69, 9.17) is 4.74 Å². The first-order chi connectivity index (χ1) is 14.6. The van der Waals surface area contributed by atoms with E-state index in [0.29, 0.717) is 31.0 Å². The SMILES string of the molecule is C=NN(/N=C\C)c1ccccc1C(=O)N(CCOCc1ccccc1)C(C)CCC. The van der Waals surface area contributed by atoms with Gasteiger partial charge < -0.3 is 9.64 Å². The summed E-state index contributed by atoms with van der Waals surface area (Å²) in [6.45, 7) is 11.1. The van der Waals surface area contributed by atoms with Crippen LogP contribution in [0.15, 0.2) is 64.8 Å². The van der Waals surface area contributed by atoms with Crippen LogP contribution in [0.1, 0.15) is 49.5 Å². The molecule has 6 heteroatoms. The van der Waals surface area contributed by atoms with Crippen LogP contribution in [0.25, 0.3) is 0 Å². The van der Waals surface area contributed by atoms with Crippen LogP contribution in [-0.4, -0.2) is 42.9 Å². The van der Waals surface area contributed by atoms with Crippen molar-refractivity contribution in [3.63, 3.8) is 0 Å². The largest absolute Gasteiger partial charge is 0.375 e. The van der Waals surface area contributed by atoms with E-state index in [2.05, 4.69) is 30.8 Å². The van der Waals surface area contributed by atoms with Crippen LogP contribution in [0.5, 0.6) is 0 Å². The van der Waals surface area contributed by atoms with Gasteiger partial charge in [-0.15, -0.1) is 0 Å². The molecule has 0 aliphatic rings. The monoisotopic (exact) mass is 408 g/mol. The first kappa shape index (κ1) is 23.3. The van der Waals surface area contributed by atoms with Crippen molar-refractivity contribution in [2.24, 2.45) is 10.2 Å². The molecule has 2 aromatic carbocycles. The molecule has 0 N–H and O–H groups in total. The Morgan fingerprint density at radius 2 is 1.87 bits per heavy atom. The number of rotatable bonds is 12. The second-order valence-electron chi connectivity index (χ2n) is 7.00. The molecule has 1 atom stereocenters. The van der Waals surface area contributed by atoms with Crippen LogP contribution in [0.2, 0.25) is 0 Å². The van der Waals surface area contributed by atoms with Crippen LogP contribution in [-0.2, 0) is 11.3 Å². The fraction of sp³-hybridized carbons (Fsp3) is 0.375. The van der Waals surface area contributed by atoms with Gasteiger partial charge in [-0.05, 0) is 38.0 Å². The highest BCUT2D eigenvalue weighted by Crippen LogP contribution is 2.24. The maximum absolute atomic E-state index is 13.5. The molecule has 0 aliphatic carbocycles. The molecule has 0 spiro atoms. The smallest absolute Gasteiger partial charge is 0.256 e. The number of amides is 1. The molecular weight excluding hydrogens is 376 g/mol. The minimum absolute atomic E-state index is 0.0604. The van der Waals surface area contributed by atoms with Crippen molar-refractivity contribution in [3.05, 3.63) is 65.7 Å². The van der Waals surface area contributed by atoms with Crippen molar-refractivity contribution < 1.29 is 9.53 Å². The fourth-order valence-electron chi connectivity index (χ4n) is 3.29. The number of anilines is 1. The third-order valence-electron chi connectivity index (χ3n) is 4.80. The average Bonchev–Trinajstić information content (AvgIpc) is 2.78. The molecule has 0 fully saturated rings. The fourth-order valence-corrected chi connectivity index (χ4v) is 3.29. The molecule has 0 bridgehead atoms. The Morgan fingerprint density at radius 3 is 2.53 bits per heavy atom. The molecule has 6 nitrogen and oxygen atoms in total. The first-order valence-corrected chi connectivity index (χ1v) is 10.4. The number of para-hydroxylation sites is 1. The predicted molar refractivity (Wildman–Crippen MR) is 124 cm³/mol. The van der Waals surface area contributed by atoms with Crippen LogP contribution < -0.4 is 5.12 Å². The summed E-state index contributed by atoms with van der Waals surface area (Å²) in [6.07, 6.45) is 3.53. The Balaban J connectivity index is 2.16. The summed E-state index contributed by atoms with van der Waals surface area (Å²) in [6, 6.07) is 17.5. The number of hydrogen-bond donors (Lipinski definition) is 0. The van der Waals surface area contributed by atoms with Gasteiger partial charge in [0, 0.05) is 25.5 Å². The van der Waals surface area contributed by atoms with Crippen molar-refractivity contribution in [2.45, 2.75) is 46.3 Å². The Bertz CT molecular complexity index is 823. The van der Waals surface area contributed by atoms with E-state index in [1.165, 1.54) is 5.12 Å². The Morgan fingerprint density at radius 1 is 1.17 bits per heavy atom. The zero-order chi connectivity index (χ0) is 21.8. The number of nitrogens with zero attached hydrogens (tertiary/aromatic N) is 4. The lowest BCUT2D eigenvalue weighted by molar-refractivity contribution is 0.0523. The van der Waals surface area contributed by atoms with E-state index >= 15 is 0 Å². The molecule has 0 heterocycles. The lowest BCUT2D eigenvalue weighted by atomic mass is 10.1. The van der Waals surface area contributed by atoms with Crippen LogP contribution in [0.4, 0.5) is 5.69 Å². The molecule has 0 aromatic heterocycles. The number of carbonyl (C=O) groups is 1. The van der Waals surface area contributed by atoms with Crippen molar-refractivity contribution in [1.29, 1.82) is 0 Å². The third-order valence-corrected chi connectivity index (χ3v) is 4.80. The highest BCUT2D eigenvalue weighted by molar-refractivity contribution is 6.00. The molecular formula is C24H32N4O2. The summed E-state index contributed by atoms with van der Waals surface area (Å²) < 4.78 is 5.85. The standard InChI is InChI=1S/C24H32N4O2/c1-5-12-20(3)27(17-18-30-19-21-13-8-7-9-14-21)24(29)22-15-10-11-16-23(22)28(25-4)26-6-2/h6-11,13-16,20H,4-5,12,17-19H2,1-3H3/b26-6-. The van der Waals surface area contributed by atoms with Crippen LogP contribution in [0.3, 0.4) is 0 Å². The second kappa shape index (κ2) is 12.5. The summed E-state index contributed by atoms with van der Waals surface area (Å²) in [5, 5.41) is 9.50. The van der Waals surface area contributed by atoms with Crippen molar-refractivity contribution in [2.75, 3.05) is 18.3 Å². The van der Waals surface area contributed by atoms with Gasteiger partial charge in [0.15, 0.2) is 0 Å². The molecule has 0 saturated carbocycles. The van der Waals surface area contributed by atoms with E-state index in [9.17, 15) is 4.79 Å². The zero-order valence-corrected chi connectivity index (χ0v) is 18.2. The lowest BCUT2D eigenvalue weighted by Gasteiger charge is -2.30. The minimum atomic E-state index is -0.0604. The maximum Gasteiger partial charge on any atom is 0.256 e. The summed E-state index contributed by atoms with van der Waals surface area (Å²) in [5.41, 5.74) is 2.27. The number of benzene rings is 2. The Kier molecular flexibility index (Phi) is 9.74. The second-order valence-corrected chi connectivity index (χ2v) is 7.00. The summed E-state index contributed by atoms with van der Waals surface area (Å²) in [5.74, 6) is -0.0604. The number of ether oxygens (including phenoxy) is 1. The summed E-state index contributed by atoms with van der Waals surface area (Å²) in [4.78, 5) is 15.4. The van der Waals surface area contributed by atoms with Gasteiger partial charge in [-0.2, -0.15) is 15.3 Å². The molecule has 2 rings (SSSR count).